The van der Waals surface area contributed by atoms with Gasteiger partial charge in [-0.05, 0) is 19.3 Å². The third-order valence-electron chi connectivity index (χ3n) is 13.8. The lowest BCUT2D eigenvalue weighted by Gasteiger charge is -2.44. The average molecular weight is 1060 g/mol. The van der Waals surface area contributed by atoms with Gasteiger partial charge in [0.25, 0.3) is 0 Å². The Bertz CT molecular complexity index is 1500. The molecular formula is C57H102N2O15. The fraction of sp³-hybridized carbons (Fsp3) is 0.877. The van der Waals surface area contributed by atoms with Gasteiger partial charge in [-0.1, -0.05) is 213 Å². The van der Waals surface area contributed by atoms with Crippen molar-refractivity contribution in [1.82, 2.24) is 10.6 Å². The smallest absolute Gasteiger partial charge is 0.326 e. The Morgan fingerprint density at radius 3 is 1.26 bits per heavy atom. The molecule has 1 saturated heterocycles. The number of rotatable bonds is 50. The third-order valence-corrected chi connectivity index (χ3v) is 13.8. The number of nitrogens with one attached hydrogen (secondary N) is 2. The van der Waals surface area contributed by atoms with E-state index in [9.17, 15) is 54.0 Å². The van der Waals surface area contributed by atoms with Gasteiger partial charge in [0.15, 0.2) is 12.4 Å². The number of aliphatic carboxylic acids is 3. The van der Waals surface area contributed by atoms with Crippen molar-refractivity contribution in [1.29, 1.82) is 0 Å². The second-order valence-electron chi connectivity index (χ2n) is 20.7. The molecule has 17 nitrogen and oxygen atoms in total. The molecule has 6 N–H and O–H groups in total. The molecule has 2 amide bonds. The highest BCUT2D eigenvalue weighted by atomic mass is 16.7. The van der Waals surface area contributed by atoms with Crippen molar-refractivity contribution in [3.05, 3.63) is 0 Å². The molecule has 0 aromatic carbocycles. The van der Waals surface area contributed by atoms with E-state index >= 15 is 0 Å². The van der Waals surface area contributed by atoms with Gasteiger partial charge in [0.1, 0.15) is 30.9 Å². The number of amides is 2. The van der Waals surface area contributed by atoms with E-state index in [1.165, 1.54) is 109 Å². The number of carbonyl (C=O) groups is 7. The van der Waals surface area contributed by atoms with Crippen molar-refractivity contribution >= 4 is 41.7 Å². The van der Waals surface area contributed by atoms with Crippen LogP contribution in [0.5, 0.6) is 0 Å². The highest BCUT2D eigenvalue weighted by Gasteiger charge is 2.50. The molecular weight excluding hydrogens is 953 g/mol. The molecule has 1 rings (SSSR count). The predicted molar refractivity (Wildman–Crippen MR) is 284 cm³/mol. The number of unbranched alkanes of at least 4 members (excludes halogenated alkanes) is 30. The maximum absolute atomic E-state index is 13.6. The summed E-state index contributed by atoms with van der Waals surface area (Å²) in [6, 6.07) is -3.07. The number of aliphatic hydroxyl groups excluding tert-OH is 1. The zero-order valence-corrected chi connectivity index (χ0v) is 46.1. The number of hydrogen-bond donors (Lipinski definition) is 6. The van der Waals surface area contributed by atoms with Gasteiger partial charge < -0.3 is 50.0 Å². The molecule has 6 atom stereocenters. The Balaban J connectivity index is 3.11. The second-order valence-corrected chi connectivity index (χ2v) is 20.7. The molecule has 0 spiro atoms. The number of carboxylic acid groups (broad SMARTS) is 3. The van der Waals surface area contributed by atoms with Gasteiger partial charge in [0.05, 0.1) is 25.4 Å². The molecule has 1 aliphatic rings. The van der Waals surface area contributed by atoms with Crippen LogP contribution in [0, 0.1) is 0 Å². The maximum Gasteiger partial charge on any atom is 0.326 e. The minimum atomic E-state index is -1.77. The highest BCUT2D eigenvalue weighted by Crippen LogP contribution is 2.29. The first-order valence-electron chi connectivity index (χ1n) is 29.3. The van der Waals surface area contributed by atoms with Crippen LogP contribution in [0.3, 0.4) is 0 Å². The number of ether oxygens (including phenoxy) is 4. The van der Waals surface area contributed by atoms with Gasteiger partial charge in [-0.25, -0.2) is 4.79 Å². The van der Waals surface area contributed by atoms with E-state index in [1.54, 1.807) is 0 Å². The molecule has 0 aliphatic carbocycles. The molecule has 0 saturated carbocycles. The molecule has 0 aromatic heterocycles. The molecule has 0 radical (unpaired) electrons. The Hall–Kier alpha value is -3.83. The van der Waals surface area contributed by atoms with Crippen molar-refractivity contribution in [2.75, 3.05) is 6.61 Å². The lowest BCUT2D eigenvalue weighted by Crippen LogP contribution is -2.66. The summed E-state index contributed by atoms with van der Waals surface area (Å²) >= 11 is 0. The molecule has 0 aromatic rings. The summed E-state index contributed by atoms with van der Waals surface area (Å²) in [5.41, 5.74) is 0. The summed E-state index contributed by atoms with van der Waals surface area (Å²) in [4.78, 5) is 88.9. The monoisotopic (exact) mass is 1050 g/mol. The largest absolute Gasteiger partial charge is 0.481 e. The second kappa shape index (κ2) is 45.4. The summed E-state index contributed by atoms with van der Waals surface area (Å²) < 4.78 is 23.3. The Morgan fingerprint density at radius 1 is 0.486 bits per heavy atom. The van der Waals surface area contributed by atoms with Crippen LogP contribution in [0.4, 0.5) is 0 Å². The minimum absolute atomic E-state index is 0.0200. The summed E-state index contributed by atoms with van der Waals surface area (Å²) in [5.74, 6) is -7.03. The maximum atomic E-state index is 13.6. The lowest BCUT2D eigenvalue weighted by molar-refractivity contribution is -0.286. The summed E-state index contributed by atoms with van der Waals surface area (Å²) in [6.45, 7) is 5.84. The number of esters is 2. The summed E-state index contributed by atoms with van der Waals surface area (Å²) in [6.07, 6.45) is 25.0. The van der Waals surface area contributed by atoms with E-state index in [0.717, 1.165) is 83.5 Å². The van der Waals surface area contributed by atoms with Crippen LogP contribution < -0.4 is 10.6 Å². The zero-order chi connectivity index (χ0) is 54.6. The first-order chi connectivity index (χ1) is 35.7. The van der Waals surface area contributed by atoms with Crippen LogP contribution in [0.25, 0.3) is 0 Å². The molecule has 0 unspecified atom stereocenters. The molecule has 430 valence electrons. The van der Waals surface area contributed by atoms with E-state index in [-0.39, 0.29) is 19.3 Å². The molecule has 0 bridgehead atoms. The van der Waals surface area contributed by atoms with Gasteiger partial charge in [-0.15, -0.1) is 0 Å². The van der Waals surface area contributed by atoms with E-state index in [2.05, 4.69) is 31.4 Å². The summed E-state index contributed by atoms with van der Waals surface area (Å²) in [7, 11) is 0. The van der Waals surface area contributed by atoms with Crippen LogP contribution in [-0.2, 0) is 52.5 Å². The first kappa shape index (κ1) is 68.2. The van der Waals surface area contributed by atoms with Crippen LogP contribution in [-0.4, -0.2) is 111 Å². The van der Waals surface area contributed by atoms with E-state index < -0.39 is 110 Å². The van der Waals surface area contributed by atoms with Gasteiger partial charge in [0, 0.05) is 19.3 Å². The van der Waals surface area contributed by atoms with Crippen molar-refractivity contribution in [2.24, 2.45) is 0 Å². The van der Waals surface area contributed by atoms with Crippen LogP contribution >= 0.6 is 0 Å². The number of carbonyl (C=O) groups excluding carboxylic acids is 4. The highest BCUT2D eigenvalue weighted by molar-refractivity contribution is 5.87. The Labute approximate surface area is 444 Å². The van der Waals surface area contributed by atoms with Crippen LogP contribution in [0.2, 0.25) is 0 Å². The zero-order valence-electron chi connectivity index (χ0n) is 46.1. The lowest BCUT2D eigenvalue weighted by atomic mass is 9.95. The van der Waals surface area contributed by atoms with Gasteiger partial charge in [-0.2, -0.15) is 0 Å². The fourth-order valence-corrected chi connectivity index (χ4v) is 9.38. The van der Waals surface area contributed by atoms with E-state index in [1.807, 2.05) is 0 Å². The van der Waals surface area contributed by atoms with Gasteiger partial charge in [-0.3, -0.25) is 28.8 Å². The van der Waals surface area contributed by atoms with E-state index in [4.69, 9.17) is 18.9 Å². The molecule has 17 heteroatoms. The van der Waals surface area contributed by atoms with Gasteiger partial charge in [0.2, 0.25) is 11.8 Å². The molecule has 74 heavy (non-hydrogen) atoms. The topological polar surface area (TPSA) is 261 Å². The third kappa shape index (κ3) is 36.2. The quantitative estimate of drug-likeness (QED) is 0.0244. The minimum Gasteiger partial charge on any atom is -0.481 e. The summed E-state index contributed by atoms with van der Waals surface area (Å²) in [5, 5.41) is 46.1. The average Bonchev–Trinajstić information content (AvgIpc) is 3.34. The standard InChI is InChI=1S/C57H102N2O15/c1-4-7-10-13-16-19-22-25-28-31-34-37-47(60)58-45(56(69)70)42-52(67)71-43-46-54(68)55(74-51(66)39-36-33-30-27-24-21-18-15-12-9-6-3)53(57(73-46)72-44(40-49(62)63)41-50(64)65)59-48(61)38-35-32-29-26-23-20-17-14-11-8-5-2/h44-46,53-55,57,68H,4-43H2,1-3H3,(H,58,60)(H,59,61)(H,62,63)(H,64,65)(H,69,70)/t45-,46+,53+,54+,55+,57+/m0/s1. The van der Waals surface area contributed by atoms with Crippen molar-refractivity contribution in [2.45, 2.75) is 314 Å². The molecule has 1 fully saturated rings. The number of aliphatic hydroxyl groups is 1. The molecule has 1 heterocycles. The van der Waals surface area contributed by atoms with Crippen molar-refractivity contribution in [3.63, 3.8) is 0 Å². The van der Waals surface area contributed by atoms with Gasteiger partial charge >= 0.3 is 29.8 Å². The van der Waals surface area contributed by atoms with Crippen LogP contribution in [0.15, 0.2) is 0 Å². The first-order valence-corrected chi connectivity index (χ1v) is 29.3. The van der Waals surface area contributed by atoms with Crippen molar-refractivity contribution in [3.8, 4) is 0 Å². The Kier molecular flexibility index (Phi) is 41.8. The van der Waals surface area contributed by atoms with E-state index in [0.29, 0.717) is 19.3 Å². The fourth-order valence-electron chi connectivity index (χ4n) is 9.38. The normalized spacial score (nSPS) is 17.9. The van der Waals surface area contributed by atoms with Crippen molar-refractivity contribution < 1.29 is 72.9 Å². The SMILES string of the molecule is CCCCCCCCCCCCCC(=O)N[C@H]1[C@H](OC(CC(=O)O)CC(=O)O)O[C@H](COC(=O)C[C@H](NC(=O)CCCCCCCCCCCCC)C(=O)O)[C@@H](O)[C@@H]1OC(=O)CCCCCCCCCCCCC. The van der Waals surface area contributed by atoms with Crippen LogP contribution in [0.1, 0.15) is 271 Å². The number of hydrogen-bond acceptors (Lipinski definition) is 12. The molecule has 1 aliphatic heterocycles. The predicted octanol–water partition coefficient (Wildman–Crippen LogP) is 11.4. The Morgan fingerprint density at radius 2 is 0.865 bits per heavy atom. The number of carboxylic acids is 3.